The number of nitrogens with zero attached hydrogens (tertiary/aromatic N) is 2. The van der Waals surface area contributed by atoms with Crippen molar-refractivity contribution in [2.24, 2.45) is 0 Å². The maximum absolute atomic E-state index is 11.4. The van der Waals surface area contributed by atoms with Crippen LogP contribution in [0.2, 0.25) is 0 Å². The lowest BCUT2D eigenvalue weighted by atomic mass is 10.3. The van der Waals surface area contributed by atoms with Crippen molar-refractivity contribution in [3.8, 4) is 0 Å². The molecule has 1 unspecified atom stereocenters. The Morgan fingerprint density at radius 3 is 2.93 bits per heavy atom. The highest BCUT2D eigenvalue weighted by Gasteiger charge is 2.21. The molecular formula is C7H9N3O4S. The molecule has 0 aromatic carbocycles. The zero-order valence-corrected chi connectivity index (χ0v) is 8.65. The van der Waals surface area contributed by atoms with Crippen molar-refractivity contribution in [3.05, 3.63) is 11.1 Å². The van der Waals surface area contributed by atoms with Gasteiger partial charge in [0.05, 0.1) is 13.7 Å². The van der Waals surface area contributed by atoms with Crippen LogP contribution < -0.4 is 5.32 Å². The second kappa shape index (κ2) is 5.37. The van der Waals surface area contributed by atoms with Gasteiger partial charge in [-0.3, -0.25) is 4.79 Å². The largest absolute Gasteiger partial charge is 0.467 e. The molecule has 8 heteroatoms. The topological polar surface area (TPSA) is 101 Å². The van der Waals surface area contributed by atoms with Crippen molar-refractivity contribution in [1.29, 1.82) is 0 Å². The quantitative estimate of drug-likeness (QED) is 0.631. The predicted octanol–water partition coefficient (Wildman–Crippen LogP) is -1.20. The molecule has 0 spiro atoms. The lowest BCUT2D eigenvalue weighted by Crippen LogP contribution is -2.44. The number of nitrogens with one attached hydrogen (secondary N) is 1. The maximum atomic E-state index is 11.4. The summed E-state index contributed by atoms with van der Waals surface area (Å²) in [6.07, 6.45) is 0. The number of carbonyl (C=O) groups is 2. The Bertz CT molecular complexity index is 340. The van der Waals surface area contributed by atoms with Crippen molar-refractivity contribution >= 4 is 23.4 Å². The fraction of sp³-hybridized carbons (Fsp3) is 0.429. The Morgan fingerprint density at radius 1 is 1.73 bits per heavy atom. The van der Waals surface area contributed by atoms with E-state index in [9.17, 15) is 9.59 Å². The smallest absolute Gasteiger partial charge is 0.330 e. The summed E-state index contributed by atoms with van der Waals surface area (Å²) in [5.74, 6) is -1.29. The van der Waals surface area contributed by atoms with Gasteiger partial charge in [-0.1, -0.05) is 4.49 Å². The van der Waals surface area contributed by atoms with Gasteiger partial charge >= 0.3 is 5.97 Å². The zero-order valence-electron chi connectivity index (χ0n) is 7.84. The third-order valence-corrected chi connectivity index (χ3v) is 2.07. The number of ether oxygens (including phenoxy) is 1. The molecule has 0 aliphatic heterocycles. The molecule has 1 amide bonds. The molecule has 1 aromatic rings. The highest BCUT2D eigenvalue weighted by molar-refractivity contribution is 7.03. The van der Waals surface area contributed by atoms with Crippen LogP contribution in [0.5, 0.6) is 0 Å². The second-order valence-electron chi connectivity index (χ2n) is 2.52. The van der Waals surface area contributed by atoms with Crippen molar-refractivity contribution in [1.82, 2.24) is 14.9 Å². The van der Waals surface area contributed by atoms with Gasteiger partial charge in [-0.2, -0.15) is 0 Å². The number of hydrogen-bond donors (Lipinski definition) is 2. The van der Waals surface area contributed by atoms with E-state index in [1.165, 1.54) is 12.5 Å². The summed E-state index contributed by atoms with van der Waals surface area (Å²) < 4.78 is 7.87. The van der Waals surface area contributed by atoms with Crippen LogP contribution in [0.1, 0.15) is 10.5 Å². The average molecular weight is 231 g/mol. The molecule has 7 nitrogen and oxygen atoms in total. The molecule has 1 atom stereocenters. The van der Waals surface area contributed by atoms with E-state index in [-0.39, 0.29) is 5.69 Å². The molecule has 1 aromatic heterocycles. The summed E-state index contributed by atoms with van der Waals surface area (Å²) in [6, 6.07) is -1.08. The van der Waals surface area contributed by atoms with E-state index in [0.29, 0.717) is 0 Å². The first kappa shape index (κ1) is 11.5. The Morgan fingerprint density at radius 2 is 2.47 bits per heavy atom. The first-order valence-electron chi connectivity index (χ1n) is 3.95. The van der Waals surface area contributed by atoms with Crippen LogP contribution in [-0.4, -0.2) is 46.3 Å². The van der Waals surface area contributed by atoms with Gasteiger partial charge in [-0.15, -0.1) is 5.10 Å². The van der Waals surface area contributed by atoms with Crippen LogP contribution in [0.25, 0.3) is 0 Å². The third kappa shape index (κ3) is 2.96. The van der Waals surface area contributed by atoms with Gasteiger partial charge < -0.3 is 15.2 Å². The van der Waals surface area contributed by atoms with Gasteiger partial charge in [-0.05, 0) is 11.5 Å². The first-order chi connectivity index (χ1) is 7.19. The summed E-state index contributed by atoms with van der Waals surface area (Å²) in [5, 5.41) is 16.0. The van der Waals surface area contributed by atoms with Crippen molar-refractivity contribution in [2.75, 3.05) is 13.7 Å². The number of rotatable bonds is 4. The molecule has 0 aliphatic carbocycles. The van der Waals surface area contributed by atoms with E-state index >= 15 is 0 Å². The summed E-state index contributed by atoms with van der Waals surface area (Å²) in [6.45, 7) is -0.532. The molecule has 0 aliphatic rings. The lowest BCUT2D eigenvalue weighted by molar-refractivity contribution is -0.143. The summed E-state index contributed by atoms with van der Waals surface area (Å²) >= 11 is 1.02. The van der Waals surface area contributed by atoms with Crippen LogP contribution in [0.15, 0.2) is 5.38 Å². The number of aromatic nitrogens is 2. The second-order valence-corrected chi connectivity index (χ2v) is 3.13. The van der Waals surface area contributed by atoms with Crippen LogP contribution in [0, 0.1) is 0 Å². The van der Waals surface area contributed by atoms with E-state index in [1.54, 1.807) is 0 Å². The molecule has 0 saturated carbocycles. The van der Waals surface area contributed by atoms with Gasteiger partial charge in [0.15, 0.2) is 11.7 Å². The SMILES string of the molecule is COC(=O)C(CO)NC(=O)c1csnn1. The predicted molar refractivity (Wildman–Crippen MR) is 50.3 cm³/mol. The number of methoxy groups -OCH3 is 1. The van der Waals surface area contributed by atoms with Crippen molar-refractivity contribution < 1.29 is 19.4 Å². The van der Waals surface area contributed by atoms with Crippen LogP contribution in [-0.2, 0) is 9.53 Å². The molecule has 0 saturated heterocycles. The maximum Gasteiger partial charge on any atom is 0.330 e. The fourth-order valence-electron chi connectivity index (χ4n) is 0.817. The summed E-state index contributed by atoms with van der Waals surface area (Å²) in [5.41, 5.74) is 0.0994. The van der Waals surface area contributed by atoms with E-state index in [0.717, 1.165) is 11.5 Å². The molecule has 15 heavy (non-hydrogen) atoms. The van der Waals surface area contributed by atoms with Gasteiger partial charge in [-0.25, -0.2) is 4.79 Å². The van der Waals surface area contributed by atoms with Crippen LogP contribution >= 0.6 is 11.5 Å². The molecule has 0 fully saturated rings. The van der Waals surface area contributed by atoms with Gasteiger partial charge in [0, 0.05) is 5.38 Å². The first-order valence-corrected chi connectivity index (χ1v) is 4.79. The number of amides is 1. The minimum atomic E-state index is -1.08. The number of hydrogen-bond acceptors (Lipinski definition) is 7. The number of aliphatic hydroxyl groups is 1. The summed E-state index contributed by atoms with van der Waals surface area (Å²) in [7, 11) is 1.17. The summed E-state index contributed by atoms with van der Waals surface area (Å²) in [4.78, 5) is 22.4. The fourth-order valence-corrected chi connectivity index (χ4v) is 1.25. The average Bonchev–Trinajstić information content (AvgIpc) is 2.77. The zero-order chi connectivity index (χ0) is 11.3. The normalized spacial score (nSPS) is 11.9. The minimum absolute atomic E-state index is 0.0994. The van der Waals surface area contributed by atoms with Crippen LogP contribution in [0.4, 0.5) is 0 Å². The molecule has 2 N–H and O–H groups in total. The van der Waals surface area contributed by atoms with E-state index in [2.05, 4.69) is 19.6 Å². The molecule has 1 heterocycles. The van der Waals surface area contributed by atoms with Crippen molar-refractivity contribution in [3.63, 3.8) is 0 Å². The van der Waals surface area contributed by atoms with E-state index in [1.807, 2.05) is 0 Å². The molecule has 0 bridgehead atoms. The standard InChI is InChI=1S/C7H9N3O4S/c1-14-7(13)4(2-11)8-6(12)5-3-15-10-9-5/h3-4,11H,2H2,1H3,(H,8,12). The van der Waals surface area contributed by atoms with Gasteiger partial charge in [0.25, 0.3) is 5.91 Å². The van der Waals surface area contributed by atoms with Gasteiger partial charge in [0.1, 0.15) is 0 Å². The van der Waals surface area contributed by atoms with E-state index < -0.39 is 24.5 Å². The van der Waals surface area contributed by atoms with Crippen LogP contribution in [0.3, 0.4) is 0 Å². The Kier molecular flexibility index (Phi) is 4.13. The Hall–Kier alpha value is -1.54. The number of esters is 1. The highest BCUT2D eigenvalue weighted by atomic mass is 32.1. The molecule has 0 radical (unpaired) electrons. The Labute approximate surface area is 89.2 Å². The highest BCUT2D eigenvalue weighted by Crippen LogP contribution is 1.98. The number of aliphatic hydroxyl groups excluding tert-OH is 1. The number of carbonyl (C=O) groups excluding carboxylic acids is 2. The van der Waals surface area contributed by atoms with Crippen molar-refractivity contribution in [2.45, 2.75) is 6.04 Å². The monoisotopic (exact) mass is 231 g/mol. The molecule has 1 rings (SSSR count). The molecule has 82 valence electrons. The van der Waals surface area contributed by atoms with Gasteiger partial charge in [0.2, 0.25) is 0 Å². The molecular weight excluding hydrogens is 222 g/mol. The lowest BCUT2D eigenvalue weighted by Gasteiger charge is -2.12. The van der Waals surface area contributed by atoms with E-state index in [4.69, 9.17) is 5.11 Å². The third-order valence-electron chi connectivity index (χ3n) is 1.57. The Balaban J connectivity index is 2.60. The minimum Gasteiger partial charge on any atom is -0.467 e.